The van der Waals surface area contributed by atoms with Crippen molar-refractivity contribution in [2.24, 2.45) is 0 Å². The number of carbonyl (C=O) groups excluding carboxylic acids is 1. The van der Waals surface area contributed by atoms with E-state index < -0.39 is 0 Å². The molecular weight excluding hydrogens is 296 g/mol. The van der Waals surface area contributed by atoms with Crippen LogP contribution < -0.4 is 5.32 Å². The quantitative estimate of drug-likeness (QED) is 0.940. The van der Waals surface area contributed by atoms with Crippen molar-refractivity contribution < 1.29 is 4.79 Å². The molecule has 1 unspecified atom stereocenters. The van der Waals surface area contributed by atoms with Gasteiger partial charge in [-0.1, -0.05) is 26.8 Å². The summed E-state index contributed by atoms with van der Waals surface area (Å²) in [6, 6.07) is 7.54. The average Bonchev–Trinajstić information content (AvgIpc) is 2.91. The Balaban J connectivity index is 2.43. The third-order valence-corrected chi connectivity index (χ3v) is 4.24. The van der Waals surface area contributed by atoms with Crippen molar-refractivity contribution in [3.8, 4) is 5.82 Å². The lowest BCUT2D eigenvalue weighted by molar-refractivity contribution is -0.115. The highest BCUT2D eigenvalue weighted by atomic mass is 32.2. The highest BCUT2D eigenvalue weighted by Crippen LogP contribution is 2.26. The third-order valence-electron chi connectivity index (χ3n) is 3.32. The van der Waals surface area contributed by atoms with Crippen LogP contribution in [0, 0.1) is 0 Å². The first-order chi connectivity index (χ1) is 10.3. The van der Waals surface area contributed by atoms with E-state index in [1.165, 1.54) is 11.8 Å². The maximum Gasteiger partial charge on any atom is 0.238 e. The zero-order valence-corrected chi connectivity index (χ0v) is 14.4. The van der Waals surface area contributed by atoms with Gasteiger partial charge in [0.05, 0.1) is 10.9 Å². The summed E-state index contributed by atoms with van der Waals surface area (Å²) in [6.45, 7) is 8.16. The Hall–Kier alpha value is -1.82. The smallest absolute Gasteiger partial charge is 0.238 e. The van der Waals surface area contributed by atoms with Crippen molar-refractivity contribution in [2.75, 3.05) is 11.6 Å². The van der Waals surface area contributed by atoms with Crippen molar-refractivity contribution >= 4 is 23.5 Å². The molecule has 0 spiro atoms. The third kappa shape index (κ3) is 3.68. The molecule has 5 nitrogen and oxygen atoms in total. The van der Waals surface area contributed by atoms with Gasteiger partial charge in [-0.25, -0.2) is 4.98 Å². The molecule has 2 aromatic heterocycles. The zero-order valence-electron chi connectivity index (χ0n) is 13.6. The highest BCUT2D eigenvalue weighted by molar-refractivity contribution is 7.99. The second-order valence-corrected chi connectivity index (χ2v) is 7.31. The first kappa shape index (κ1) is 16.5. The minimum Gasteiger partial charge on any atom is -0.310 e. The van der Waals surface area contributed by atoms with Gasteiger partial charge in [-0.15, -0.1) is 0 Å². The largest absolute Gasteiger partial charge is 0.310 e. The molecule has 22 heavy (non-hydrogen) atoms. The molecule has 1 amide bonds. The van der Waals surface area contributed by atoms with Crippen molar-refractivity contribution in [3.05, 3.63) is 36.2 Å². The second kappa shape index (κ2) is 6.52. The number of thioether (sulfide) groups is 1. The van der Waals surface area contributed by atoms with Crippen LogP contribution in [-0.4, -0.2) is 32.2 Å². The van der Waals surface area contributed by atoms with E-state index in [0.717, 1.165) is 5.69 Å². The number of anilines is 1. The Labute approximate surface area is 135 Å². The molecule has 0 saturated carbocycles. The maximum atomic E-state index is 12.2. The molecule has 118 valence electrons. The van der Waals surface area contributed by atoms with Crippen LogP contribution in [0.4, 0.5) is 5.82 Å². The van der Waals surface area contributed by atoms with Crippen LogP contribution in [0.1, 0.15) is 33.4 Å². The summed E-state index contributed by atoms with van der Waals surface area (Å²) in [4.78, 5) is 16.5. The number of nitrogens with one attached hydrogen (secondary N) is 1. The van der Waals surface area contributed by atoms with Crippen LogP contribution in [0.25, 0.3) is 5.82 Å². The van der Waals surface area contributed by atoms with Gasteiger partial charge in [0.2, 0.25) is 5.91 Å². The van der Waals surface area contributed by atoms with Gasteiger partial charge >= 0.3 is 0 Å². The molecule has 1 N–H and O–H groups in total. The molecule has 0 aliphatic carbocycles. The average molecular weight is 318 g/mol. The molecule has 0 aliphatic rings. The molecule has 0 aromatic carbocycles. The number of nitrogens with zero attached hydrogens (tertiary/aromatic N) is 3. The summed E-state index contributed by atoms with van der Waals surface area (Å²) >= 11 is 1.51. The molecule has 2 rings (SSSR count). The molecule has 0 bridgehead atoms. The lowest BCUT2D eigenvalue weighted by Crippen LogP contribution is -2.23. The van der Waals surface area contributed by atoms with Crippen molar-refractivity contribution in [3.63, 3.8) is 0 Å². The zero-order chi connectivity index (χ0) is 16.3. The van der Waals surface area contributed by atoms with E-state index in [1.807, 2.05) is 37.4 Å². The van der Waals surface area contributed by atoms with Crippen LogP contribution >= 0.6 is 11.8 Å². The molecule has 1 atom stereocenters. The molecule has 2 aromatic rings. The van der Waals surface area contributed by atoms with Crippen molar-refractivity contribution in [1.29, 1.82) is 0 Å². The number of hydrogen-bond donors (Lipinski definition) is 1. The maximum absolute atomic E-state index is 12.2. The van der Waals surface area contributed by atoms with Crippen molar-refractivity contribution in [2.45, 2.75) is 38.4 Å². The lowest BCUT2D eigenvalue weighted by atomic mass is 9.92. The summed E-state index contributed by atoms with van der Waals surface area (Å²) in [7, 11) is 0. The fourth-order valence-electron chi connectivity index (χ4n) is 1.83. The van der Waals surface area contributed by atoms with E-state index in [1.54, 1.807) is 10.9 Å². The van der Waals surface area contributed by atoms with Crippen LogP contribution in [0.3, 0.4) is 0 Å². The van der Waals surface area contributed by atoms with E-state index in [2.05, 4.69) is 36.2 Å². The van der Waals surface area contributed by atoms with Crippen LogP contribution in [0.15, 0.2) is 30.5 Å². The molecule has 0 saturated heterocycles. The van der Waals surface area contributed by atoms with Crippen LogP contribution in [-0.2, 0) is 10.2 Å². The monoisotopic (exact) mass is 318 g/mol. The summed E-state index contributed by atoms with van der Waals surface area (Å²) in [5.41, 5.74) is 0.801. The van der Waals surface area contributed by atoms with Gasteiger partial charge in [0.15, 0.2) is 5.82 Å². The molecule has 0 radical (unpaired) electrons. The standard InChI is InChI=1S/C16H22N4OS/c1-11(22-5)15(21)18-14-10-12(16(2,3)4)19-20(14)13-8-6-7-9-17-13/h6-11H,1-5H3,(H,18,21). The number of hydrogen-bond acceptors (Lipinski definition) is 4. The van der Waals surface area contributed by atoms with Gasteiger partial charge in [-0.05, 0) is 25.3 Å². The van der Waals surface area contributed by atoms with Gasteiger partial charge in [0.1, 0.15) is 5.82 Å². The number of rotatable bonds is 4. The number of carbonyl (C=O) groups is 1. The number of aromatic nitrogens is 3. The SMILES string of the molecule is CSC(C)C(=O)Nc1cc(C(C)(C)C)nn1-c1ccccn1. The van der Waals surface area contributed by atoms with E-state index in [0.29, 0.717) is 11.6 Å². The molecular formula is C16H22N4OS. The number of amides is 1. The van der Waals surface area contributed by atoms with E-state index >= 15 is 0 Å². The van der Waals surface area contributed by atoms with E-state index in [-0.39, 0.29) is 16.6 Å². The minimum absolute atomic E-state index is 0.0370. The normalized spacial score (nSPS) is 13.0. The predicted octanol–water partition coefficient (Wildman–Crippen LogP) is 3.25. The van der Waals surface area contributed by atoms with Crippen LogP contribution in [0.5, 0.6) is 0 Å². The Bertz CT molecular complexity index is 646. The lowest BCUT2D eigenvalue weighted by Gasteiger charge is -2.13. The molecule has 0 fully saturated rings. The van der Waals surface area contributed by atoms with Gasteiger partial charge in [0.25, 0.3) is 0 Å². The summed E-state index contributed by atoms with van der Waals surface area (Å²) in [5.74, 6) is 1.30. The molecule has 6 heteroatoms. The fourth-order valence-corrected chi connectivity index (χ4v) is 2.10. The predicted molar refractivity (Wildman–Crippen MR) is 91.7 cm³/mol. The first-order valence-electron chi connectivity index (χ1n) is 7.18. The molecule has 2 heterocycles. The highest BCUT2D eigenvalue weighted by Gasteiger charge is 2.22. The fraction of sp³-hybridized carbons (Fsp3) is 0.438. The van der Waals surface area contributed by atoms with Crippen LogP contribution in [0.2, 0.25) is 0 Å². The summed E-state index contributed by atoms with van der Waals surface area (Å²) < 4.78 is 1.69. The van der Waals surface area contributed by atoms with E-state index in [9.17, 15) is 4.79 Å². The summed E-state index contributed by atoms with van der Waals surface area (Å²) in [5, 5.41) is 7.46. The summed E-state index contributed by atoms with van der Waals surface area (Å²) in [6.07, 6.45) is 3.63. The van der Waals surface area contributed by atoms with Gasteiger partial charge < -0.3 is 5.32 Å². The number of pyridine rings is 1. The first-order valence-corrected chi connectivity index (χ1v) is 8.47. The molecule has 0 aliphatic heterocycles. The van der Waals surface area contributed by atoms with Crippen molar-refractivity contribution in [1.82, 2.24) is 14.8 Å². The Morgan fingerprint density at radius 1 is 1.36 bits per heavy atom. The van der Waals surface area contributed by atoms with Gasteiger partial charge in [-0.3, -0.25) is 4.79 Å². The Morgan fingerprint density at radius 2 is 2.09 bits per heavy atom. The van der Waals surface area contributed by atoms with E-state index in [4.69, 9.17) is 0 Å². The Morgan fingerprint density at radius 3 is 2.64 bits per heavy atom. The van der Waals surface area contributed by atoms with Gasteiger partial charge in [-0.2, -0.15) is 21.5 Å². The topological polar surface area (TPSA) is 59.8 Å². The Kier molecular flexibility index (Phi) is 4.90. The van der Waals surface area contributed by atoms with Gasteiger partial charge in [0, 0.05) is 17.7 Å². The minimum atomic E-state index is -0.120. The second-order valence-electron chi connectivity index (χ2n) is 6.13.